The van der Waals surface area contributed by atoms with E-state index in [0.717, 1.165) is 5.69 Å². The third-order valence-corrected chi connectivity index (χ3v) is 2.65. The number of hydrogen-bond acceptors (Lipinski definition) is 7. The summed E-state index contributed by atoms with van der Waals surface area (Å²) in [5.41, 5.74) is 3.16. The zero-order valence-electron chi connectivity index (χ0n) is 11.5. The summed E-state index contributed by atoms with van der Waals surface area (Å²) in [4.78, 5) is 16.1. The largest absolute Gasteiger partial charge is 0.347 e. The first-order chi connectivity index (χ1) is 9.51. The molecule has 2 rings (SSSR count). The molecule has 1 heterocycles. The molecule has 1 aromatic heterocycles. The Bertz CT molecular complexity index is 585. The molecule has 0 aliphatic heterocycles. The number of anilines is 4. The molecule has 0 radical (unpaired) electrons. The highest BCUT2D eigenvalue weighted by Gasteiger charge is 2.12. The van der Waals surface area contributed by atoms with Crippen molar-refractivity contribution in [1.82, 2.24) is 15.0 Å². The van der Waals surface area contributed by atoms with Gasteiger partial charge in [0.25, 0.3) is 0 Å². The molecule has 2 aromatic rings. The topological polar surface area (TPSA) is 83.2 Å². The van der Waals surface area contributed by atoms with E-state index in [0.29, 0.717) is 11.9 Å². The number of halogens is 1. The van der Waals surface area contributed by atoms with Gasteiger partial charge in [-0.1, -0.05) is 0 Å². The number of nitrogens with one attached hydrogen (secondary N) is 1. The zero-order chi connectivity index (χ0) is 14.7. The van der Waals surface area contributed by atoms with Crippen LogP contribution in [0.3, 0.4) is 0 Å². The molecule has 0 aliphatic rings. The molecule has 0 atom stereocenters. The van der Waals surface area contributed by atoms with E-state index < -0.39 is 0 Å². The van der Waals surface area contributed by atoms with Crippen molar-refractivity contribution in [3.05, 3.63) is 30.1 Å². The number of nitrogen functional groups attached to an aromatic ring is 1. The van der Waals surface area contributed by atoms with Crippen molar-refractivity contribution in [1.29, 1.82) is 0 Å². The van der Waals surface area contributed by atoms with Gasteiger partial charge in [0.1, 0.15) is 5.82 Å². The van der Waals surface area contributed by atoms with Crippen LogP contribution in [0.2, 0.25) is 0 Å². The van der Waals surface area contributed by atoms with Crippen LogP contribution in [0.4, 0.5) is 27.9 Å². The number of hydrogen-bond donors (Lipinski definition) is 2. The molecular weight excluding hydrogens is 261 g/mol. The third kappa shape index (κ3) is 2.91. The van der Waals surface area contributed by atoms with E-state index in [4.69, 9.17) is 5.84 Å². The standard InChI is InChI=1S/C12H16FN7/c1-19(2)11-15-10(18-14)16-12(17-11)20(3)9-6-4-8(13)5-7-9/h4-7H,14H2,1-3H3,(H,15,16,17,18). The van der Waals surface area contributed by atoms with Crippen LogP contribution in [0.15, 0.2) is 24.3 Å². The zero-order valence-corrected chi connectivity index (χ0v) is 11.5. The maximum atomic E-state index is 12.9. The second kappa shape index (κ2) is 5.66. The van der Waals surface area contributed by atoms with Gasteiger partial charge in [-0.2, -0.15) is 15.0 Å². The molecule has 1 aromatic carbocycles. The summed E-state index contributed by atoms with van der Waals surface area (Å²) in [6.07, 6.45) is 0. The predicted molar refractivity (Wildman–Crippen MR) is 76.4 cm³/mol. The van der Waals surface area contributed by atoms with Crippen LogP contribution in [0.1, 0.15) is 0 Å². The SMILES string of the molecule is CN(C)c1nc(NN)nc(N(C)c2ccc(F)cc2)n1. The first kappa shape index (κ1) is 13.9. The summed E-state index contributed by atoms with van der Waals surface area (Å²) in [5, 5.41) is 0. The van der Waals surface area contributed by atoms with Gasteiger partial charge in [0.05, 0.1) is 0 Å². The fourth-order valence-corrected chi connectivity index (χ4v) is 1.55. The summed E-state index contributed by atoms with van der Waals surface area (Å²) in [7, 11) is 5.41. The molecule has 7 nitrogen and oxygen atoms in total. The number of benzene rings is 1. The van der Waals surface area contributed by atoms with Gasteiger partial charge in [-0.3, -0.25) is 5.43 Å². The first-order valence-electron chi connectivity index (χ1n) is 5.90. The maximum absolute atomic E-state index is 12.9. The second-order valence-corrected chi connectivity index (χ2v) is 4.33. The van der Waals surface area contributed by atoms with E-state index >= 15 is 0 Å². The van der Waals surface area contributed by atoms with Gasteiger partial charge >= 0.3 is 0 Å². The lowest BCUT2D eigenvalue weighted by atomic mass is 10.3. The van der Waals surface area contributed by atoms with Crippen molar-refractivity contribution in [2.75, 3.05) is 36.4 Å². The number of nitrogens with two attached hydrogens (primary N) is 1. The summed E-state index contributed by atoms with van der Waals surface area (Å²) < 4.78 is 12.9. The van der Waals surface area contributed by atoms with Crippen LogP contribution >= 0.6 is 0 Å². The molecule has 8 heteroatoms. The summed E-state index contributed by atoms with van der Waals surface area (Å²) in [5.74, 6) is 6.19. The molecule has 0 spiro atoms. The Morgan fingerprint density at radius 2 is 1.60 bits per heavy atom. The summed E-state index contributed by atoms with van der Waals surface area (Å²) >= 11 is 0. The molecule has 0 fully saturated rings. The van der Waals surface area contributed by atoms with Gasteiger partial charge in [-0.15, -0.1) is 0 Å². The highest BCUT2D eigenvalue weighted by molar-refractivity contribution is 5.58. The van der Waals surface area contributed by atoms with Crippen LogP contribution < -0.4 is 21.1 Å². The number of aromatic nitrogens is 3. The second-order valence-electron chi connectivity index (χ2n) is 4.33. The van der Waals surface area contributed by atoms with Gasteiger partial charge < -0.3 is 9.80 Å². The van der Waals surface area contributed by atoms with E-state index in [1.54, 1.807) is 29.0 Å². The van der Waals surface area contributed by atoms with Crippen LogP contribution in [-0.2, 0) is 0 Å². The number of hydrazine groups is 1. The van der Waals surface area contributed by atoms with Crippen molar-refractivity contribution in [2.45, 2.75) is 0 Å². The van der Waals surface area contributed by atoms with Gasteiger partial charge in [0.2, 0.25) is 17.8 Å². The normalized spacial score (nSPS) is 10.2. The Morgan fingerprint density at radius 3 is 2.15 bits per heavy atom. The summed E-state index contributed by atoms with van der Waals surface area (Å²) in [6, 6.07) is 6.04. The van der Waals surface area contributed by atoms with Gasteiger partial charge in [-0.05, 0) is 24.3 Å². The van der Waals surface area contributed by atoms with Gasteiger partial charge in [0, 0.05) is 26.8 Å². The predicted octanol–water partition coefficient (Wildman–Crippen LogP) is 1.13. The molecule has 0 aliphatic carbocycles. The Labute approximate surface area is 116 Å². The molecule has 0 saturated heterocycles. The van der Waals surface area contributed by atoms with E-state index in [2.05, 4.69) is 20.4 Å². The van der Waals surface area contributed by atoms with Gasteiger partial charge in [0.15, 0.2) is 0 Å². The minimum atomic E-state index is -0.295. The lowest BCUT2D eigenvalue weighted by Crippen LogP contribution is -2.21. The Hall–Kier alpha value is -2.48. The molecule has 0 bridgehead atoms. The molecule has 0 amide bonds. The minimum absolute atomic E-state index is 0.257. The lowest BCUT2D eigenvalue weighted by Gasteiger charge is -2.19. The van der Waals surface area contributed by atoms with E-state index in [1.807, 2.05) is 14.1 Å². The van der Waals surface area contributed by atoms with Crippen LogP contribution in [0.25, 0.3) is 0 Å². The first-order valence-corrected chi connectivity index (χ1v) is 5.90. The third-order valence-electron chi connectivity index (χ3n) is 2.65. The molecule has 106 valence electrons. The highest BCUT2D eigenvalue weighted by Crippen LogP contribution is 2.22. The monoisotopic (exact) mass is 277 g/mol. The van der Waals surface area contributed by atoms with Crippen molar-refractivity contribution in [2.24, 2.45) is 5.84 Å². The quantitative estimate of drug-likeness (QED) is 0.640. The van der Waals surface area contributed by atoms with Crippen molar-refractivity contribution in [3.63, 3.8) is 0 Å². The Kier molecular flexibility index (Phi) is 3.94. The summed E-state index contributed by atoms with van der Waals surface area (Å²) in [6.45, 7) is 0. The van der Waals surface area contributed by atoms with Crippen molar-refractivity contribution in [3.8, 4) is 0 Å². The molecule has 0 unspecified atom stereocenters. The molecular formula is C12H16FN7. The van der Waals surface area contributed by atoms with E-state index in [1.165, 1.54) is 12.1 Å². The number of rotatable bonds is 4. The molecule has 0 saturated carbocycles. The minimum Gasteiger partial charge on any atom is -0.347 e. The molecule has 3 N–H and O–H groups in total. The fraction of sp³-hybridized carbons (Fsp3) is 0.250. The maximum Gasteiger partial charge on any atom is 0.243 e. The van der Waals surface area contributed by atoms with Crippen LogP contribution in [0, 0.1) is 5.82 Å². The average Bonchev–Trinajstić information content (AvgIpc) is 2.46. The Morgan fingerprint density at radius 1 is 1.00 bits per heavy atom. The van der Waals surface area contributed by atoms with Crippen LogP contribution in [-0.4, -0.2) is 36.1 Å². The van der Waals surface area contributed by atoms with Crippen molar-refractivity contribution < 1.29 is 4.39 Å². The van der Waals surface area contributed by atoms with E-state index in [9.17, 15) is 4.39 Å². The Balaban J connectivity index is 2.40. The smallest absolute Gasteiger partial charge is 0.243 e. The number of nitrogens with zero attached hydrogens (tertiary/aromatic N) is 5. The molecule has 20 heavy (non-hydrogen) atoms. The van der Waals surface area contributed by atoms with Gasteiger partial charge in [-0.25, -0.2) is 10.2 Å². The fourth-order valence-electron chi connectivity index (χ4n) is 1.55. The average molecular weight is 277 g/mol. The van der Waals surface area contributed by atoms with E-state index in [-0.39, 0.29) is 11.8 Å². The lowest BCUT2D eigenvalue weighted by molar-refractivity contribution is 0.628. The van der Waals surface area contributed by atoms with Crippen molar-refractivity contribution >= 4 is 23.5 Å². The highest BCUT2D eigenvalue weighted by atomic mass is 19.1. The van der Waals surface area contributed by atoms with Crippen LogP contribution in [0.5, 0.6) is 0 Å².